The van der Waals surface area contributed by atoms with E-state index in [1.807, 2.05) is 11.4 Å². The van der Waals surface area contributed by atoms with Gasteiger partial charge in [-0.1, -0.05) is 16.8 Å². The third-order valence-corrected chi connectivity index (χ3v) is 3.11. The molecule has 2 nitrogen and oxygen atoms in total. The predicted octanol–water partition coefficient (Wildman–Crippen LogP) is 2.89. The standard InChI is InChI=1S/C5H3BrClNOS/c6-3-1-2-10-4(3)5(7)8-9/h1-2,9H/b8-5+. The topological polar surface area (TPSA) is 32.6 Å². The molecule has 0 aliphatic rings. The Morgan fingerprint density at radius 3 is 2.90 bits per heavy atom. The number of thiophene rings is 1. The largest absolute Gasteiger partial charge is 0.410 e. The molecule has 0 saturated carbocycles. The summed E-state index contributed by atoms with van der Waals surface area (Å²) in [4.78, 5) is 0.740. The number of hydrogen-bond donors (Lipinski definition) is 1. The van der Waals surface area contributed by atoms with Gasteiger partial charge in [-0.05, 0) is 27.4 Å². The first-order chi connectivity index (χ1) is 4.75. The molecule has 0 atom stereocenters. The summed E-state index contributed by atoms with van der Waals surface area (Å²) in [6.45, 7) is 0. The molecule has 0 amide bonds. The molecule has 0 radical (unpaired) electrons. The summed E-state index contributed by atoms with van der Waals surface area (Å²) in [6, 6.07) is 1.84. The Morgan fingerprint density at radius 2 is 2.50 bits per heavy atom. The Morgan fingerprint density at radius 1 is 1.80 bits per heavy atom. The Hall–Kier alpha value is -0.0600. The van der Waals surface area contributed by atoms with Crippen LogP contribution in [0.15, 0.2) is 21.1 Å². The summed E-state index contributed by atoms with van der Waals surface area (Å²) in [5.41, 5.74) is 0. The molecule has 0 aromatic carbocycles. The molecule has 0 bridgehead atoms. The first kappa shape index (κ1) is 8.04. The van der Waals surface area contributed by atoms with Crippen molar-refractivity contribution >= 4 is 44.0 Å². The van der Waals surface area contributed by atoms with E-state index in [2.05, 4.69) is 21.1 Å². The molecule has 54 valence electrons. The van der Waals surface area contributed by atoms with Crippen molar-refractivity contribution in [2.24, 2.45) is 5.16 Å². The fraction of sp³-hybridized carbons (Fsp3) is 0. The smallest absolute Gasteiger partial charge is 0.186 e. The molecule has 10 heavy (non-hydrogen) atoms. The highest BCUT2D eigenvalue weighted by Gasteiger charge is 2.05. The molecule has 0 spiro atoms. The lowest BCUT2D eigenvalue weighted by atomic mass is 10.5. The van der Waals surface area contributed by atoms with Crippen molar-refractivity contribution in [1.29, 1.82) is 0 Å². The van der Waals surface area contributed by atoms with Gasteiger partial charge < -0.3 is 5.21 Å². The second-order valence-corrected chi connectivity index (χ2v) is 3.62. The number of oxime groups is 1. The fourth-order valence-corrected chi connectivity index (χ4v) is 2.27. The minimum absolute atomic E-state index is 0.113. The SMILES string of the molecule is O/N=C(/Cl)c1sccc1Br. The highest BCUT2D eigenvalue weighted by atomic mass is 79.9. The van der Waals surface area contributed by atoms with Gasteiger partial charge in [0.05, 0.1) is 4.88 Å². The highest BCUT2D eigenvalue weighted by Crippen LogP contribution is 2.24. The van der Waals surface area contributed by atoms with Gasteiger partial charge in [-0.15, -0.1) is 11.3 Å². The Labute approximate surface area is 75.3 Å². The van der Waals surface area contributed by atoms with Crippen LogP contribution in [0.4, 0.5) is 0 Å². The first-order valence-electron chi connectivity index (χ1n) is 2.36. The quantitative estimate of drug-likeness (QED) is 0.457. The summed E-state index contributed by atoms with van der Waals surface area (Å²) < 4.78 is 0.848. The summed E-state index contributed by atoms with van der Waals surface area (Å²) in [7, 11) is 0. The second-order valence-electron chi connectivity index (χ2n) is 1.49. The maximum atomic E-state index is 8.27. The van der Waals surface area contributed by atoms with Crippen molar-refractivity contribution in [3.8, 4) is 0 Å². The van der Waals surface area contributed by atoms with Crippen LogP contribution in [0, 0.1) is 0 Å². The van der Waals surface area contributed by atoms with Crippen LogP contribution in [0.3, 0.4) is 0 Å². The van der Waals surface area contributed by atoms with Gasteiger partial charge in [0.25, 0.3) is 0 Å². The molecule has 1 N–H and O–H groups in total. The summed E-state index contributed by atoms with van der Waals surface area (Å²) >= 11 is 10.2. The monoisotopic (exact) mass is 239 g/mol. The Bertz CT molecular complexity index is 260. The zero-order chi connectivity index (χ0) is 7.56. The van der Waals surface area contributed by atoms with Gasteiger partial charge in [0.1, 0.15) is 0 Å². The van der Waals surface area contributed by atoms with E-state index in [-0.39, 0.29) is 5.17 Å². The van der Waals surface area contributed by atoms with E-state index < -0.39 is 0 Å². The molecule has 1 heterocycles. The molecule has 0 aliphatic heterocycles. The van der Waals surface area contributed by atoms with Gasteiger partial charge in [0.2, 0.25) is 0 Å². The van der Waals surface area contributed by atoms with Crippen molar-refractivity contribution in [3.05, 3.63) is 20.8 Å². The van der Waals surface area contributed by atoms with Crippen LogP contribution in [0.2, 0.25) is 0 Å². The van der Waals surface area contributed by atoms with E-state index in [4.69, 9.17) is 16.8 Å². The number of rotatable bonds is 1. The van der Waals surface area contributed by atoms with Gasteiger partial charge in [0.15, 0.2) is 5.17 Å². The predicted molar refractivity (Wildman–Crippen MR) is 46.2 cm³/mol. The van der Waals surface area contributed by atoms with Crippen LogP contribution in [0.25, 0.3) is 0 Å². The average Bonchev–Trinajstić information content (AvgIpc) is 2.34. The van der Waals surface area contributed by atoms with Gasteiger partial charge >= 0.3 is 0 Å². The van der Waals surface area contributed by atoms with Crippen LogP contribution in [0.1, 0.15) is 4.88 Å². The zero-order valence-electron chi connectivity index (χ0n) is 4.71. The van der Waals surface area contributed by atoms with E-state index in [1.165, 1.54) is 11.3 Å². The third kappa shape index (κ3) is 1.51. The van der Waals surface area contributed by atoms with Crippen molar-refractivity contribution in [2.75, 3.05) is 0 Å². The summed E-state index contributed by atoms with van der Waals surface area (Å²) in [6.07, 6.45) is 0. The second kappa shape index (κ2) is 3.37. The lowest BCUT2D eigenvalue weighted by molar-refractivity contribution is 0.321. The van der Waals surface area contributed by atoms with Gasteiger partial charge in [-0.25, -0.2) is 0 Å². The molecule has 0 aliphatic carbocycles. The van der Waals surface area contributed by atoms with Crippen molar-refractivity contribution < 1.29 is 5.21 Å². The van der Waals surface area contributed by atoms with E-state index in [1.54, 1.807) is 0 Å². The molecule has 0 saturated heterocycles. The van der Waals surface area contributed by atoms with Gasteiger partial charge in [-0.3, -0.25) is 0 Å². The fourth-order valence-electron chi connectivity index (χ4n) is 0.486. The maximum absolute atomic E-state index is 8.27. The highest BCUT2D eigenvalue weighted by molar-refractivity contribution is 9.10. The van der Waals surface area contributed by atoms with Crippen molar-refractivity contribution in [3.63, 3.8) is 0 Å². The molecule has 0 unspecified atom stereocenters. The van der Waals surface area contributed by atoms with Crippen LogP contribution in [-0.2, 0) is 0 Å². The minimum atomic E-state index is 0.113. The van der Waals surface area contributed by atoms with E-state index in [0.717, 1.165) is 9.35 Å². The lowest BCUT2D eigenvalue weighted by Gasteiger charge is -1.88. The number of hydrogen-bond acceptors (Lipinski definition) is 3. The van der Waals surface area contributed by atoms with Crippen molar-refractivity contribution in [1.82, 2.24) is 0 Å². The molecule has 1 aromatic rings. The third-order valence-electron chi connectivity index (χ3n) is 0.892. The summed E-state index contributed by atoms with van der Waals surface area (Å²) in [5.74, 6) is 0. The average molecular weight is 241 g/mol. The molecule has 0 fully saturated rings. The molecule has 1 aromatic heterocycles. The van der Waals surface area contributed by atoms with Crippen LogP contribution in [-0.4, -0.2) is 10.4 Å². The first-order valence-corrected chi connectivity index (χ1v) is 4.41. The Kier molecular flexibility index (Phi) is 2.71. The molecular weight excluding hydrogens is 237 g/mol. The minimum Gasteiger partial charge on any atom is -0.410 e. The van der Waals surface area contributed by atoms with Crippen LogP contribution in [0.5, 0.6) is 0 Å². The van der Waals surface area contributed by atoms with E-state index >= 15 is 0 Å². The van der Waals surface area contributed by atoms with Crippen LogP contribution < -0.4 is 0 Å². The molecule has 1 rings (SSSR count). The zero-order valence-corrected chi connectivity index (χ0v) is 7.87. The van der Waals surface area contributed by atoms with E-state index in [0.29, 0.717) is 0 Å². The van der Waals surface area contributed by atoms with Gasteiger partial charge in [0, 0.05) is 4.47 Å². The molecular formula is C5H3BrClNOS. The molecule has 5 heteroatoms. The van der Waals surface area contributed by atoms with Gasteiger partial charge in [-0.2, -0.15) is 0 Å². The van der Waals surface area contributed by atoms with E-state index in [9.17, 15) is 0 Å². The van der Waals surface area contributed by atoms with Crippen molar-refractivity contribution in [2.45, 2.75) is 0 Å². The van der Waals surface area contributed by atoms with Crippen LogP contribution >= 0.6 is 38.9 Å². The maximum Gasteiger partial charge on any atom is 0.186 e. The Balaban J connectivity index is 3.05. The normalized spacial score (nSPS) is 12.0. The summed E-state index contributed by atoms with van der Waals surface area (Å²) in [5, 5.41) is 13.1. The lowest BCUT2D eigenvalue weighted by Crippen LogP contribution is -1.85. The number of halogens is 2. The number of nitrogens with zero attached hydrogens (tertiary/aromatic N) is 1.